The molecule has 1 heteroatoms. The third-order valence-electron chi connectivity index (χ3n) is 2.35. The Balaban J connectivity index is 3.03. The molecule has 0 amide bonds. The Hall–Kier alpha value is -1.50. The van der Waals surface area contributed by atoms with Gasteiger partial charge in [0.25, 0.3) is 0 Å². The molecule has 1 nitrogen and oxygen atoms in total. The van der Waals surface area contributed by atoms with Crippen molar-refractivity contribution in [2.75, 3.05) is 6.61 Å². The van der Waals surface area contributed by atoms with E-state index in [1.165, 1.54) is 11.1 Å². The van der Waals surface area contributed by atoms with Crippen LogP contribution in [0.5, 0.6) is 5.75 Å². The van der Waals surface area contributed by atoms with E-state index in [0.717, 1.165) is 11.3 Å². The first-order chi connectivity index (χ1) is 7.69. The van der Waals surface area contributed by atoms with Gasteiger partial charge in [0, 0.05) is 5.56 Å². The molecule has 0 aliphatic carbocycles. The van der Waals surface area contributed by atoms with Gasteiger partial charge in [-0.2, -0.15) is 0 Å². The Morgan fingerprint density at radius 2 is 1.88 bits per heavy atom. The van der Waals surface area contributed by atoms with Crippen LogP contribution in [0.2, 0.25) is 0 Å². The molecule has 0 N–H and O–H groups in total. The monoisotopic (exact) mass is 216 g/mol. The Kier molecular flexibility index (Phi) is 4.84. The molecule has 0 aliphatic heterocycles. The zero-order valence-corrected chi connectivity index (χ0v) is 10.6. The van der Waals surface area contributed by atoms with Gasteiger partial charge in [0.05, 0.1) is 0 Å². The van der Waals surface area contributed by atoms with Gasteiger partial charge in [0.2, 0.25) is 0 Å². The molecule has 0 spiro atoms. The van der Waals surface area contributed by atoms with Gasteiger partial charge >= 0.3 is 0 Å². The van der Waals surface area contributed by atoms with Gasteiger partial charge in [0.1, 0.15) is 12.4 Å². The van der Waals surface area contributed by atoms with E-state index in [9.17, 15) is 0 Å². The van der Waals surface area contributed by atoms with E-state index in [4.69, 9.17) is 4.74 Å². The van der Waals surface area contributed by atoms with Crippen molar-refractivity contribution in [3.05, 3.63) is 47.1 Å². The largest absolute Gasteiger partial charge is 0.489 e. The summed E-state index contributed by atoms with van der Waals surface area (Å²) < 4.78 is 5.78. The standard InChI is InChI=1S/C15H20O/c1-5-7-9-16-15-13(4)10-12(3)11-14(15)8-6-2/h5-8,10-11H,9H2,1-4H3/b7-5?,8-6+. The van der Waals surface area contributed by atoms with Crippen molar-refractivity contribution < 1.29 is 4.74 Å². The Labute approximate surface area is 98.5 Å². The summed E-state index contributed by atoms with van der Waals surface area (Å²) in [6.45, 7) is 8.84. The zero-order valence-electron chi connectivity index (χ0n) is 10.6. The van der Waals surface area contributed by atoms with E-state index >= 15 is 0 Å². The summed E-state index contributed by atoms with van der Waals surface area (Å²) >= 11 is 0. The Morgan fingerprint density at radius 1 is 1.12 bits per heavy atom. The normalized spacial score (nSPS) is 11.5. The van der Waals surface area contributed by atoms with Crippen molar-refractivity contribution in [2.24, 2.45) is 0 Å². The SMILES string of the molecule is CC=CCOc1c(C)cc(C)cc1/C=C/C. The summed E-state index contributed by atoms with van der Waals surface area (Å²) in [6.07, 6.45) is 8.14. The summed E-state index contributed by atoms with van der Waals surface area (Å²) in [6, 6.07) is 4.30. The van der Waals surface area contributed by atoms with Crippen LogP contribution in [0.3, 0.4) is 0 Å². The van der Waals surface area contributed by atoms with Crippen LogP contribution in [0.4, 0.5) is 0 Å². The molecule has 0 aliphatic rings. The summed E-state index contributed by atoms with van der Waals surface area (Å²) in [5.41, 5.74) is 3.62. The highest BCUT2D eigenvalue weighted by molar-refractivity contribution is 5.61. The van der Waals surface area contributed by atoms with Crippen molar-refractivity contribution in [1.29, 1.82) is 0 Å². The van der Waals surface area contributed by atoms with Crippen molar-refractivity contribution in [3.8, 4) is 5.75 Å². The van der Waals surface area contributed by atoms with Crippen molar-refractivity contribution in [3.63, 3.8) is 0 Å². The fraction of sp³-hybridized carbons (Fsp3) is 0.333. The zero-order chi connectivity index (χ0) is 12.0. The molecule has 0 heterocycles. The van der Waals surface area contributed by atoms with Crippen LogP contribution in [-0.4, -0.2) is 6.61 Å². The third kappa shape index (κ3) is 3.27. The number of hydrogen-bond donors (Lipinski definition) is 0. The van der Waals surface area contributed by atoms with E-state index in [2.05, 4.69) is 32.1 Å². The maximum absolute atomic E-state index is 5.78. The highest BCUT2D eigenvalue weighted by Crippen LogP contribution is 2.26. The second-order valence-corrected chi connectivity index (χ2v) is 3.88. The smallest absolute Gasteiger partial charge is 0.129 e. The second kappa shape index (κ2) is 6.16. The Morgan fingerprint density at radius 3 is 2.50 bits per heavy atom. The fourth-order valence-electron chi connectivity index (χ4n) is 1.72. The van der Waals surface area contributed by atoms with Crippen LogP contribution >= 0.6 is 0 Å². The number of allylic oxidation sites excluding steroid dienone is 2. The maximum atomic E-state index is 5.78. The molecule has 86 valence electrons. The van der Waals surface area contributed by atoms with Crippen LogP contribution in [0.25, 0.3) is 6.08 Å². The predicted molar refractivity (Wildman–Crippen MR) is 70.9 cm³/mol. The predicted octanol–water partition coefficient (Wildman–Crippen LogP) is 4.29. The highest BCUT2D eigenvalue weighted by Gasteiger charge is 2.05. The molecule has 0 atom stereocenters. The topological polar surface area (TPSA) is 9.23 Å². The lowest BCUT2D eigenvalue weighted by Gasteiger charge is -2.12. The minimum atomic E-state index is 0.630. The fourth-order valence-corrected chi connectivity index (χ4v) is 1.72. The summed E-state index contributed by atoms with van der Waals surface area (Å²) in [4.78, 5) is 0. The van der Waals surface area contributed by atoms with Crippen LogP contribution in [0.1, 0.15) is 30.5 Å². The van der Waals surface area contributed by atoms with Crippen molar-refractivity contribution in [1.82, 2.24) is 0 Å². The minimum Gasteiger partial charge on any atom is -0.489 e. The maximum Gasteiger partial charge on any atom is 0.129 e. The van der Waals surface area contributed by atoms with Crippen LogP contribution in [0, 0.1) is 13.8 Å². The molecule has 1 rings (SSSR count). The van der Waals surface area contributed by atoms with E-state index in [1.807, 2.05) is 32.1 Å². The minimum absolute atomic E-state index is 0.630. The molecule has 0 aromatic heterocycles. The molecule has 0 radical (unpaired) electrons. The first-order valence-corrected chi connectivity index (χ1v) is 5.67. The van der Waals surface area contributed by atoms with Gasteiger partial charge in [0.15, 0.2) is 0 Å². The van der Waals surface area contributed by atoms with Crippen LogP contribution in [0.15, 0.2) is 30.4 Å². The van der Waals surface area contributed by atoms with Gasteiger partial charge in [-0.05, 0) is 39.3 Å². The summed E-state index contributed by atoms with van der Waals surface area (Å²) in [5.74, 6) is 0.988. The third-order valence-corrected chi connectivity index (χ3v) is 2.35. The first-order valence-electron chi connectivity index (χ1n) is 5.67. The lowest BCUT2D eigenvalue weighted by molar-refractivity contribution is 0.359. The average molecular weight is 216 g/mol. The molecule has 1 aromatic rings. The molecule has 16 heavy (non-hydrogen) atoms. The summed E-state index contributed by atoms with van der Waals surface area (Å²) in [7, 11) is 0. The van der Waals surface area contributed by atoms with Gasteiger partial charge in [-0.25, -0.2) is 0 Å². The van der Waals surface area contributed by atoms with Gasteiger partial charge in [-0.3, -0.25) is 0 Å². The molecular weight excluding hydrogens is 196 g/mol. The van der Waals surface area contributed by atoms with Crippen molar-refractivity contribution >= 4 is 6.08 Å². The van der Waals surface area contributed by atoms with E-state index < -0.39 is 0 Å². The number of hydrogen-bond acceptors (Lipinski definition) is 1. The number of ether oxygens (including phenoxy) is 1. The highest BCUT2D eigenvalue weighted by atomic mass is 16.5. The number of aryl methyl sites for hydroxylation is 2. The summed E-state index contributed by atoms with van der Waals surface area (Å²) in [5, 5.41) is 0. The quantitative estimate of drug-likeness (QED) is 0.682. The second-order valence-electron chi connectivity index (χ2n) is 3.88. The molecule has 0 bridgehead atoms. The van der Waals surface area contributed by atoms with Gasteiger partial charge in [-0.1, -0.05) is 35.9 Å². The van der Waals surface area contributed by atoms with Gasteiger partial charge < -0.3 is 4.74 Å². The van der Waals surface area contributed by atoms with E-state index in [0.29, 0.717) is 6.61 Å². The van der Waals surface area contributed by atoms with E-state index in [-0.39, 0.29) is 0 Å². The number of rotatable bonds is 4. The molecule has 0 saturated heterocycles. The van der Waals surface area contributed by atoms with Crippen LogP contribution < -0.4 is 4.74 Å². The molecule has 0 fully saturated rings. The van der Waals surface area contributed by atoms with Crippen LogP contribution in [-0.2, 0) is 0 Å². The number of benzene rings is 1. The lowest BCUT2D eigenvalue weighted by Crippen LogP contribution is -1.98. The van der Waals surface area contributed by atoms with E-state index in [1.54, 1.807) is 0 Å². The molecule has 0 unspecified atom stereocenters. The Bertz CT molecular complexity index is 400. The molecule has 1 aromatic carbocycles. The first kappa shape index (κ1) is 12.6. The van der Waals surface area contributed by atoms with Crippen molar-refractivity contribution in [2.45, 2.75) is 27.7 Å². The van der Waals surface area contributed by atoms with Gasteiger partial charge in [-0.15, -0.1) is 0 Å². The molecule has 0 saturated carbocycles. The molecular formula is C15H20O. The average Bonchev–Trinajstić information content (AvgIpc) is 2.22. The lowest BCUT2D eigenvalue weighted by atomic mass is 10.1.